The number of amides is 1. The first kappa shape index (κ1) is 25.1. The summed E-state index contributed by atoms with van der Waals surface area (Å²) in [5.41, 5.74) is 6.29. The van der Waals surface area contributed by atoms with Crippen LogP contribution >= 0.6 is 24.0 Å². The summed E-state index contributed by atoms with van der Waals surface area (Å²) < 4.78 is 0. The Morgan fingerprint density at radius 3 is 2.48 bits per heavy atom. The first-order valence-corrected chi connectivity index (χ1v) is 11.6. The summed E-state index contributed by atoms with van der Waals surface area (Å²) in [6, 6.07) is 16.7. The molecule has 1 aromatic heterocycles. The van der Waals surface area contributed by atoms with Gasteiger partial charge in [0.15, 0.2) is 5.96 Å². The third-order valence-corrected chi connectivity index (χ3v) is 6.05. The first-order chi connectivity index (χ1) is 15.7. The molecule has 33 heavy (non-hydrogen) atoms. The lowest BCUT2D eigenvalue weighted by molar-refractivity contribution is -0.131. The molecule has 0 atom stereocenters. The zero-order chi connectivity index (χ0) is 22.3. The van der Waals surface area contributed by atoms with E-state index in [1.807, 2.05) is 17.0 Å². The molecule has 0 aliphatic carbocycles. The Kier molecular flexibility index (Phi) is 9.17. The second-order valence-electron chi connectivity index (χ2n) is 8.33. The van der Waals surface area contributed by atoms with Gasteiger partial charge in [-0.2, -0.15) is 0 Å². The molecule has 176 valence electrons. The van der Waals surface area contributed by atoms with E-state index in [1.54, 1.807) is 0 Å². The normalized spacial score (nSPS) is 13.0. The molecule has 0 fully saturated rings. The van der Waals surface area contributed by atoms with Crippen LogP contribution in [-0.4, -0.2) is 41.4 Å². The highest BCUT2D eigenvalue weighted by atomic mass is 127. The molecule has 3 aromatic rings. The van der Waals surface area contributed by atoms with E-state index in [-0.39, 0.29) is 29.9 Å². The van der Waals surface area contributed by atoms with E-state index in [0.717, 1.165) is 45.0 Å². The van der Waals surface area contributed by atoms with Crippen LogP contribution in [0.5, 0.6) is 0 Å². The molecule has 0 spiro atoms. The van der Waals surface area contributed by atoms with E-state index in [2.05, 4.69) is 70.9 Å². The molecule has 0 saturated carbocycles. The number of benzene rings is 2. The van der Waals surface area contributed by atoms with E-state index in [9.17, 15) is 4.79 Å². The molecule has 3 N–H and O–H groups in total. The molecule has 6 nitrogen and oxygen atoms in total. The lowest BCUT2D eigenvalue weighted by Gasteiger charge is -2.15. The van der Waals surface area contributed by atoms with Crippen LogP contribution in [0.1, 0.15) is 42.1 Å². The van der Waals surface area contributed by atoms with Gasteiger partial charge in [-0.1, -0.05) is 42.5 Å². The molecule has 7 heteroatoms. The van der Waals surface area contributed by atoms with Crippen LogP contribution in [-0.2, 0) is 24.3 Å². The van der Waals surface area contributed by atoms with Crippen LogP contribution in [0.4, 0.5) is 0 Å². The Labute approximate surface area is 213 Å². The predicted octanol–water partition coefficient (Wildman–Crippen LogP) is 4.51. The fraction of sp³-hybridized carbons (Fsp3) is 0.385. The molecule has 1 aliphatic rings. The molecule has 4 rings (SSSR count). The Hall–Kier alpha value is -2.55. The number of aryl methyl sites for hydroxylation is 1. The van der Waals surface area contributed by atoms with Crippen molar-refractivity contribution >= 4 is 46.7 Å². The quantitative estimate of drug-likeness (QED) is 0.165. The van der Waals surface area contributed by atoms with Crippen LogP contribution in [0.25, 0.3) is 10.9 Å². The number of carbonyl (C=O) groups excluding carboxylic acids is 1. The van der Waals surface area contributed by atoms with Crippen molar-refractivity contribution in [2.24, 2.45) is 4.99 Å². The fourth-order valence-electron chi connectivity index (χ4n) is 4.39. The highest BCUT2D eigenvalue weighted by Gasteiger charge is 2.22. The van der Waals surface area contributed by atoms with Crippen molar-refractivity contribution in [3.8, 4) is 0 Å². The van der Waals surface area contributed by atoms with Crippen LogP contribution in [0.15, 0.2) is 53.5 Å². The number of para-hydroxylation sites is 1. The Bertz CT molecular complexity index is 1080. The van der Waals surface area contributed by atoms with Crippen molar-refractivity contribution in [1.29, 1.82) is 0 Å². The summed E-state index contributed by atoms with van der Waals surface area (Å²) in [6.45, 7) is 7.90. The topological polar surface area (TPSA) is 72.5 Å². The first-order valence-electron chi connectivity index (χ1n) is 11.6. The molecule has 1 amide bonds. The summed E-state index contributed by atoms with van der Waals surface area (Å²) in [5, 5.41) is 8.03. The SMILES string of the molecule is CCNC(=NCCCC(=O)N1Cc2ccccc2C1)NCCc1c(C)[nH]c2ccccc12.I. The molecule has 0 radical (unpaired) electrons. The van der Waals surface area contributed by atoms with E-state index >= 15 is 0 Å². The maximum absolute atomic E-state index is 12.6. The van der Waals surface area contributed by atoms with Crippen molar-refractivity contribution in [3.05, 3.63) is 70.9 Å². The van der Waals surface area contributed by atoms with Crippen molar-refractivity contribution in [2.75, 3.05) is 19.6 Å². The minimum atomic E-state index is 0. The molecule has 0 unspecified atom stereocenters. The number of rotatable bonds is 8. The van der Waals surface area contributed by atoms with E-state index < -0.39 is 0 Å². The number of aromatic amines is 1. The van der Waals surface area contributed by atoms with E-state index in [4.69, 9.17) is 0 Å². The number of fused-ring (bicyclic) bond motifs is 2. The third kappa shape index (κ3) is 6.28. The maximum atomic E-state index is 12.6. The zero-order valence-electron chi connectivity index (χ0n) is 19.5. The second kappa shape index (κ2) is 12.1. The number of hydrogen-bond donors (Lipinski definition) is 3. The predicted molar refractivity (Wildman–Crippen MR) is 146 cm³/mol. The number of aromatic nitrogens is 1. The number of H-pyrrole nitrogens is 1. The van der Waals surface area contributed by atoms with Gasteiger partial charge in [-0.3, -0.25) is 9.79 Å². The van der Waals surface area contributed by atoms with E-state index in [0.29, 0.717) is 13.0 Å². The third-order valence-electron chi connectivity index (χ3n) is 6.05. The van der Waals surface area contributed by atoms with Gasteiger partial charge < -0.3 is 20.5 Å². The Morgan fingerprint density at radius 1 is 1.06 bits per heavy atom. The van der Waals surface area contributed by atoms with Gasteiger partial charge in [-0.25, -0.2) is 0 Å². The van der Waals surface area contributed by atoms with Crippen molar-refractivity contribution in [3.63, 3.8) is 0 Å². The lowest BCUT2D eigenvalue weighted by Crippen LogP contribution is -2.38. The van der Waals surface area contributed by atoms with Gasteiger partial charge in [-0.15, -0.1) is 24.0 Å². The van der Waals surface area contributed by atoms with E-state index in [1.165, 1.54) is 33.3 Å². The second-order valence-corrected chi connectivity index (χ2v) is 8.33. The Morgan fingerprint density at radius 2 is 1.76 bits per heavy atom. The van der Waals surface area contributed by atoms with Crippen LogP contribution in [0.3, 0.4) is 0 Å². The van der Waals surface area contributed by atoms with Crippen LogP contribution in [0, 0.1) is 6.92 Å². The average Bonchev–Trinajstić information content (AvgIpc) is 3.37. The number of aliphatic imine (C=N–C) groups is 1. The van der Waals surface area contributed by atoms with Gasteiger partial charge >= 0.3 is 0 Å². The Balaban J connectivity index is 0.00000306. The smallest absolute Gasteiger partial charge is 0.223 e. The monoisotopic (exact) mass is 559 g/mol. The van der Waals surface area contributed by atoms with Gasteiger partial charge in [0.25, 0.3) is 0 Å². The summed E-state index contributed by atoms with van der Waals surface area (Å²) in [5.74, 6) is 1.02. The zero-order valence-corrected chi connectivity index (χ0v) is 21.8. The fourth-order valence-corrected chi connectivity index (χ4v) is 4.39. The lowest BCUT2D eigenvalue weighted by atomic mass is 10.1. The maximum Gasteiger partial charge on any atom is 0.223 e. The molecular weight excluding hydrogens is 525 g/mol. The van der Waals surface area contributed by atoms with Gasteiger partial charge in [0.05, 0.1) is 0 Å². The number of nitrogens with zero attached hydrogens (tertiary/aromatic N) is 2. The number of carbonyl (C=O) groups is 1. The summed E-state index contributed by atoms with van der Waals surface area (Å²) >= 11 is 0. The number of guanidine groups is 1. The molecule has 2 aromatic carbocycles. The number of hydrogen-bond acceptors (Lipinski definition) is 2. The molecule has 0 saturated heterocycles. The molecular formula is C26H34IN5O. The highest BCUT2D eigenvalue weighted by Crippen LogP contribution is 2.23. The van der Waals surface area contributed by atoms with Gasteiger partial charge in [0.2, 0.25) is 5.91 Å². The minimum Gasteiger partial charge on any atom is -0.358 e. The molecule has 2 heterocycles. The minimum absolute atomic E-state index is 0. The van der Waals surface area contributed by atoms with Gasteiger partial charge in [0, 0.05) is 55.7 Å². The largest absolute Gasteiger partial charge is 0.358 e. The standard InChI is InChI=1S/C26H33N5O.HI/c1-3-27-26(29-16-14-22-19(2)30-24-12-7-6-11-23(22)24)28-15-8-13-25(32)31-17-20-9-4-5-10-21(20)18-31;/h4-7,9-12,30H,3,8,13-18H2,1-2H3,(H2,27,28,29);1H. The summed E-state index contributed by atoms with van der Waals surface area (Å²) in [6.07, 6.45) is 2.21. The summed E-state index contributed by atoms with van der Waals surface area (Å²) in [4.78, 5) is 22.6. The van der Waals surface area contributed by atoms with Gasteiger partial charge in [0.1, 0.15) is 0 Å². The number of halogens is 1. The molecule has 1 aliphatic heterocycles. The van der Waals surface area contributed by atoms with Gasteiger partial charge in [-0.05, 0) is 49.4 Å². The average molecular weight is 559 g/mol. The van der Waals surface area contributed by atoms with Crippen molar-refractivity contribution < 1.29 is 4.79 Å². The van der Waals surface area contributed by atoms with Crippen molar-refractivity contribution in [2.45, 2.75) is 46.2 Å². The number of nitrogens with one attached hydrogen (secondary N) is 3. The van der Waals surface area contributed by atoms with Crippen LogP contribution < -0.4 is 10.6 Å². The highest BCUT2D eigenvalue weighted by molar-refractivity contribution is 14.0. The molecule has 0 bridgehead atoms. The van der Waals surface area contributed by atoms with Crippen molar-refractivity contribution in [1.82, 2.24) is 20.5 Å². The summed E-state index contributed by atoms with van der Waals surface area (Å²) in [7, 11) is 0. The van der Waals surface area contributed by atoms with Crippen LogP contribution in [0.2, 0.25) is 0 Å².